The van der Waals surface area contributed by atoms with Crippen LogP contribution >= 0.6 is 34.7 Å². The summed E-state index contributed by atoms with van der Waals surface area (Å²) in [6, 6.07) is 6.10. The Bertz CT molecular complexity index is 849. The van der Waals surface area contributed by atoms with Crippen LogP contribution in [0.1, 0.15) is 18.5 Å². The summed E-state index contributed by atoms with van der Waals surface area (Å²) in [4.78, 5) is 9.32. The average Bonchev–Trinajstić information content (AvgIpc) is 2.89. The highest BCUT2D eigenvalue weighted by Gasteiger charge is 2.29. The van der Waals surface area contributed by atoms with E-state index in [1.807, 2.05) is 6.92 Å². The van der Waals surface area contributed by atoms with Gasteiger partial charge < -0.3 is 5.32 Å². The molecule has 0 saturated carbocycles. The zero-order valence-electron chi connectivity index (χ0n) is 12.3. The van der Waals surface area contributed by atoms with E-state index in [4.69, 9.17) is 11.6 Å². The molecule has 0 bridgehead atoms. The van der Waals surface area contributed by atoms with Crippen molar-refractivity contribution < 1.29 is 13.2 Å². The number of nitrogens with zero attached hydrogens (tertiary/aromatic N) is 2. The number of nitrogens with one attached hydrogen (secondary N) is 1. The monoisotopic (exact) mass is 389 g/mol. The van der Waals surface area contributed by atoms with E-state index >= 15 is 0 Å². The van der Waals surface area contributed by atoms with Gasteiger partial charge >= 0.3 is 5.51 Å². The number of halogens is 4. The molecular weight excluding hydrogens is 379 g/mol. The molecule has 0 radical (unpaired) electrons. The van der Waals surface area contributed by atoms with Crippen LogP contribution < -0.4 is 5.32 Å². The highest BCUT2D eigenvalue weighted by molar-refractivity contribution is 8.00. The minimum Gasteiger partial charge on any atom is -0.363 e. The third-order valence-electron chi connectivity index (χ3n) is 3.29. The van der Waals surface area contributed by atoms with Gasteiger partial charge in [0.2, 0.25) is 0 Å². The Hall–Kier alpha value is -1.51. The lowest BCUT2D eigenvalue weighted by Gasteiger charge is -2.16. The molecular formula is C15H11ClF3N3S2. The van der Waals surface area contributed by atoms with Gasteiger partial charge in [-0.25, -0.2) is 9.97 Å². The van der Waals surface area contributed by atoms with Crippen molar-refractivity contribution in [3.8, 4) is 0 Å². The van der Waals surface area contributed by atoms with Gasteiger partial charge in [-0.1, -0.05) is 23.7 Å². The predicted molar refractivity (Wildman–Crippen MR) is 92.8 cm³/mol. The Kier molecular flexibility index (Phi) is 4.89. The Labute approximate surface area is 149 Å². The molecule has 2 heterocycles. The van der Waals surface area contributed by atoms with Gasteiger partial charge in [0.1, 0.15) is 17.0 Å². The van der Waals surface area contributed by atoms with E-state index in [1.54, 1.807) is 17.5 Å². The lowest BCUT2D eigenvalue weighted by molar-refractivity contribution is -0.0328. The molecule has 3 rings (SSSR count). The van der Waals surface area contributed by atoms with Gasteiger partial charge in [0.15, 0.2) is 0 Å². The maximum atomic E-state index is 12.4. The van der Waals surface area contributed by atoms with Crippen LogP contribution in [0.15, 0.2) is 40.9 Å². The van der Waals surface area contributed by atoms with Crippen LogP contribution in [0, 0.1) is 0 Å². The zero-order chi connectivity index (χ0) is 17.3. The van der Waals surface area contributed by atoms with Crippen LogP contribution in [-0.2, 0) is 0 Å². The van der Waals surface area contributed by atoms with Gasteiger partial charge in [0, 0.05) is 16.3 Å². The smallest absolute Gasteiger partial charge is 0.363 e. The summed E-state index contributed by atoms with van der Waals surface area (Å²) in [5.41, 5.74) is -3.44. The number of fused-ring (bicyclic) bond motifs is 1. The van der Waals surface area contributed by atoms with Crippen molar-refractivity contribution in [2.75, 3.05) is 5.32 Å². The van der Waals surface area contributed by atoms with Crippen molar-refractivity contribution >= 4 is 50.7 Å². The fourth-order valence-corrected chi connectivity index (χ4v) is 3.87. The number of thiophene rings is 1. The minimum atomic E-state index is -4.28. The summed E-state index contributed by atoms with van der Waals surface area (Å²) < 4.78 is 37.1. The van der Waals surface area contributed by atoms with Crippen molar-refractivity contribution in [3.63, 3.8) is 0 Å². The second kappa shape index (κ2) is 6.78. The normalized spacial score (nSPS) is 13.2. The van der Waals surface area contributed by atoms with E-state index in [2.05, 4.69) is 15.3 Å². The minimum absolute atomic E-state index is 0.127. The van der Waals surface area contributed by atoms with E-state index in [-0.39, 0.29) is 22.7 Å². The second-order valence-corrected chi connectivity index (χ2v) is 7.37. The summed E-state index contributed by atoms with van der Waals surface area (Å²) in [6.45, 7) is 1.90. The summed E-state index contributed by atoms with van der Waals surface area (Å²) >= 11 is 7.47. The van der Waals surface area contributed by atoms with E-state index in [9.17, 15) is 13.2 Å². The standard InChI is InChI=1S/C15H11ClF3N3S2/c1-8(9-2-4-10(5-3-9)24-15(17,18)19)22-13-12-11(16)6-23-14(12)21-7-20-13/h2-8H,1H3,(H,20,21,22)/t8-/m0/s1. The Morgan fingerprint density at radius 2 is 1.92 bits per heavy atom. The van der Waals surface area contributed by atoms with E-state index < -0.39 is 5.51 Å². The molecule has 3 aromatic rings. The average molecular weight is 390 g/mol. The SMILES string of the molecule is C[C@H](Nc1ncnc2scc(Cl)c12)c1ccc(SC(F)(F)F)cc1. The molecule has 1 atom stereocenters. The van der Waals surface area contributed by atoms with Crippen molar-refractivity contribution in [1.29, 1.82) is 0 Å². The lowest BCUT2D eigenvalue weighted by Crippen LogP contribution is -2.08. The zero-order valence-corrected chi connectivity index (χ0v) is 14.7. The molecule has 2 aromatic heterocycles. The third-order valence-corrected chi connectivity index (χ3v) is 5.35. The Morgan fingerprint density at radius 1 is 1.21 bits per heavy atom. The van der Waals surface area contributed by atoms with Crippen molar-refractivity contribution in [1.82, 2.24) is 9.97 Å². The molecule has 1 aromatic carbocycles. The molecule has 0 aliphatic heterocycles. The molecule has 0 aliphatic carbocycles. The molecule has 1 N–H and O–H groups in total. The Balaban J connectivity index is 1.79. The first-order valence-electron chi connectivity index (χ1n) is 6.83. The van der Waals surface area contributed by atoms with E-state index in [0.29, 0.717) is 10.8 Å². The fraction of sp³-hybridized carbons (Fsp3) is 0.200. The molecule has 0 unspecified atom stereocenters. The summed E-state index contributed by atoms with van der Waals surface area (Å²) in [6.07, 6.45) is 1.45. The fourth-order valence-electron chi connectivity index (χ4n) is 2.20. The van der Waals surface area contributed by atoms with Crippen LogP contribution in [0.4, 0.5) is 19.0 Å². The molecule has 0 fully saturated rings. The quantitative estimate of drug-likeness (QED) is 0.544. The van der Waals surface area contributed by atoms with Crippen molar-refractivity contribution in [3.05, 3.63) is 46.6 Å². The topological polar surface area (TPSA) is 37.8 Å². The van der Waals surface area contributed by atoms with Gasteiger partial charge in [0.25, 0.3) is 0 Å². The number of thioether (sulfide) groups is 1. The van der Waals surface area contributed by atoms with E-state index in [1.165, 1.54) is 29.8 Å². The summed E-state index contributed by atoms with van der Waals surface area (Å²) in [7, 11) is 0. The number of benzene rings is 1. The van der Waals surface area contributed by atoms with Crippen molar-refractivity contribution in [2.45, 2.75) is 23.4 Å². The molecule has 3 nitrogen and oxygen atoms in total. The molecule has 24 heavy (non-hydrogen) atoms. The first kappa shape index (κ1) is 17.3. The molecule has 0 spiro atoms. The van der Waals surface area contributed by atoms with Gasteiger partial charge in [0.05, 0.1) is 10.4 Å². The second-order valence-electron chi connectivity index (χ2n) is 4.97. The Morgan fingerprint density at radius 3 is 2.58 bits per heavy atom. The first-order valence-corrected chi connectivity index (χ1v) is 8.91. The molecule has 9 heteroatoms. The van der Waals surface area contributed by atoms with Gasteiger partial charge in [-0.2, -0.15) is 13.2 Å². The van der Waals surface area contributed by atoms with Crippen LogP contribution in [-0.4, -0.2) is 15.5 Å². The maximum Gasteiger partial charge on any atom is 0.446 e. The predicted octanol–water partition coefficient (Wildman–Crippen LogP) is 6.13. The number of anilines is 1. The van der Waals surface area contributed by atoms with Crippen LogP contribution in [0.3, 0.4) is 0 Å². The van der Waals surface area contributed by atoms with Crippen LogP contribution in [0.5, 0.6) is 0 Å². The highest BCUT2D eigenvalue weighted by atomic mass is 35.5. The first-order chi connectivity index (χ1) is 11.3. The van der Waals surface area contributed by atoms with Crippen LogP contribution in [0.2, 0.25) is 5.02 Å². The number of hydrogen-bond donors (Lipinski definition) is 1. The number of hydrogen-bond acceptors (Lipinski definition) is 5. The molecule has 0 aliphatic rings. The van der Waals surface area contributed by atoms with Gasteiger partial charge in [-0.3, -0.25) is 0 Å². The number of alkyl halides is 3. The van der Waals surface area contributed by atoms with Crippen molar-refractivity contribution in [2.24, 2.45) is 0 Å². The number of rotatable bonds is 4. The third kappa shape index (κ3) is 3.93. The summed E-state index contributed by atoms with van der Waals surface area (Å²) in [5.74, 6) is 0.604. The van der Waals surface area contributed by atoms with E-state index in [0.717, 1.165) is 15.8 Å². The van der Waals surface area contributed by atoms with Crippen LogP contribution in [0.25, 0.3) is 10.2 Å². The van der Waals surface area contributed by atoms with Gasteiger partial charge in [-0.05, 0) is 36.4 Å². The molecule has 0 amide bonds. The largest absolute Gasteiger partial charge is 0.446 e. The van der Waals surface area contributed by atoms with Gasteiger partial charge in [-0.15, -0.1) is 11.3 Å². The molecule has 126 valence electrons. The highest BCUT2D eigenvalue weighted by Crippen LogP contribution is 2.37. The lowest BCUT2D eigenvalue weighted by atomic mass is 10.1. The maximum absolute atomic E-state index is 12.4. The number of aromatic nitrogens is 2. The summed E-state index contributed by atoms with van der Waals surface area (Å²) in [5, 5.41) is 6.35. The molecule has 0 saturated heterocycles.